The summed E-state index contributed by atoms with van der Waals surface area (Å²) >= 11 is 0. The van der Waals surface area contributed by atoms with Gasteiger partial charge in [-0.05, 0) is 12.1 Å². The van der Waals surface area contributed by atoms with E-state index in [4.69, 9.17) is 4.52 Å². The highest BCUT2D eigenvalue weighted by molar-refractivity contribution is 6.01. The number of aromatic amines is 1. The SMILES string of the molecule is c1cc2nncc2c2o[nH]cc12. The van der Waals surface area contributed by atoms with E-state index in [2.05, 4.69) is 15.4 Å². The molecule has 1 N–H and O–H groups in total. The Balaban J connectivity index is 2.71. The van der Waals surface area contributed by atoms with Crippen LogP contribution in [0.15, 0.2) is 29.0 Å². The predicted octanol–water partition coefficient (Wildman–Crippen LogP) is 1.70. The first-order valence-corrected chi connectivity index (χ1v) is 3.62. The standard InChI is InChI=1S/C8H5N3O/c1-2-7-6(4-9-11-7)8-5(1)3-10-12-8/h1-4,10H. The van der Waals surface area contributed by atoms with Crippen LogP contribution in [0.25, 0.3) is 21.9 Å². The maximum atomic E-state index is 5.18. The molecule has 0 aliphatic heterocycles. The number of aromatic nitrogens is 3. The number of nitrogens with one attached hydrogen (secondary N) is 1. The fourth-order valence-electron chi connectivity index (χ4n) is 1.35. The number of benzene rings is 1. The summed E-state index contributed by atoms with van der Waals surface area (Å²) in [5, 5.41) is 12.4. The van der Waals surface area contributed by atoms with Crippen LogP contribution in [0.4, 0.5) is 0 Å². The molecule has 12 heavy (non-hydrogen) atoms. The Morgan fingerprint density at radius 2 is 2.33 bits per heavy atom. The van der Waals surface area contributed by atoms with E-state index in [1.807, 2.05) is 18.3 Å². The van der Waals surface area contributed by atoms with Crippen molar-refractivity contribution < 1.29 is 4.52 Å². The average Bonchev–Trinajstić information content (AvgIpc) is 2.71. The molecule has 4 heteroatoms. The maximum Gasteiger partial charge on any atom is 0.174 e. The summed E-state index contributed by atoms with van der Waals surface area (Å²) in [5.41, 5.74) is 1.68. The van der Waals surface area contributed by atoms with Crippen molar-refractivity contribution in [1.29, 1.82) is 0 Å². The van der Waals surface area contributed by atoms with E-state index in [0.717, 1.165) is 21.9 Å². The molecule has 0 atom stereocenters. The summed E-state index contributed by atoms with van der Waals surface area (Å²) in [6.07, 6.45) is 3.51. The minimum absolute atomic E-state index is 0.817. The molecule has 0 amide bonds. The van der Waals surface area contributed by atoms with Crippen LogP contribution in [0.3, 0.4) is 0 Å². The van der Waals surface area contributed by atoms with Gasteiger partial charge >= 0.3 is 0 Å². The number of hydrogen-bond acceptors (Lipinski definition) is 3. The molecular weight excluding hydrogens is 154 g/mol. The molecule has 3 rings (SSSR count). The molecule has 4 nitrogen and oxygen atoms in total. The molecular formula is C8H5N3O. The number of H-pyrrole nitrogens is 1. The first-order valence-electron chi connectivity index (χ1n) is 3.62. The third kappa shape index (κ3) is 0.567. The minimum Gasteiger partial charge on any atom is -0.381 e. The average molecular weight is 159 g/mol. The van der Waals surface area contributed by atoms with Crippen molar-refractivity contribution in [1.82, 2.24) is 15.4 Å². The smallest absolute Gasteiger partial charge is 0.174 e. The topological polar surface area (TPSA) is 54.7 Å². The summed E-state index contributed by atoms with van der Waals surface area (Å²) in [5.74, 6) is 0. The molecule has 0 saturated carbocycles. The van der Waals surface area contributed by atoms with Gasteiger partial charge in [-0.3, -0.25) is 0 Å². The Morgan fingerprint density at radius 3 is 3.33 bits per heavy atom. The molecule has 0 bridgehead atoms. The van der Waals surface area contributed by atoms with Gasteiger partial charge in [0.05, 0.1) is 17.1 Å². The van der Waals surface area contributed by atoms with Gasteiger partial charge in [0.25, 0.3) is 0 Å². The van der Waals surface area contributed by atoms with E-state index in [-0.39, 0.29) is 0 Å². The Morgan fingerprint density at radius 1 is 1.33 bits per heavy atom. The van der Waals surface area contributed by atoms with E-state index in [9.17, 15) is 0 Å². The van der Waals surface area contributed by atoms with Crippen LogP contribution in [0.1, 0.15) is 0 Å². The largest absolute Gasteiger partial charge is 0.381 e. The molecule has 0 unspecified atom stereocenters. The minimum atomic E-state index is 0.817. The summed E-state index contributed by atoms with van der Waals surface area (Å²) in [6, 6.07) is 3.88. The molecule has 58 valence electrons. The summed E-state index contributed by atoms with van der Waals surface area (Å²) in [7, 11) is 0. The number of hydrogen-bond donors (Lipinski definition) is 1. The first-order chi connectivity index (χ1) is 5.95. The van der Waals surface area contributed by atoms with Gasteiger partial charge in [-0.25, -0.2) is 5.16 Å². The third-order valence-electron chi connectivity index (χ3n) is 1.93. The predicted molar refractivity (Wildman–Crippen MR) is 43.7 cm³/mol. The number of fused-ring (bicyclic) bond motifs is 3. The first kappa shape index (κ1) is 5.77. The molecule has 3 aromatic rings. The molecule has 1 aromatic carbocycles. The fraction of sp³-hybridized carbons (Fsp3) is 0. The second-order valence-corrected chi connectivity index (χ2v) is 2.63. The highest BCUT2D eigenvalue weighted by Gasteiger charge is 2.04. The Hall–Kier alpha value is -1.84. The fourth-order valence-corrected chi connectivity index (χ4v) is 1.35. The van der Waals surface area contributed by atoms with E-state index < -0.39 is 0 Å². The van der Waals surface area contributed by atoms with Gasteiger partial charge in [0, 0.05) is 11.6 Å². The van der Waals surface area contributed by atoms with Crippen molar-refractivity contribution in [2.45, 2.75) is 0 Å². The lowest BCUT2D eigenvalue weighted by molar-refractivity contribution is 0.458. The normalized spacial score (nSPS) is 11.3. The summed E-state index contributed by atoms with van der Waals surface area (Å²) in [6.45, 7) is 0. The molecule has 0 saturated heterocycles. The Kier molecular flexibility index (Phi) is 0.889. The monoisotopic (exact) mass is 159 g/mol. The molecule has 2 aromatic heterocycles. The molecule has 0 fully saturated rings. The van der Waals surface area contributed by atoms with Crippen LogP contribution in [0.5, 0.6) is 0 Å². The lowest BCUT2D eigenvalue weighted by Crippen LogP contribution is -1.67. The van der Waals surface area contributed by atoms with Gasteiger partial charge in [-0.15, -0.1) is 0 Å². The van der Waals surface area contributed by atoms with Gasteiger partial charge in [-0.1, -0.05) is 0 Å². The van der Waals surface area contributed by atoms with Crippen molar-refractivity contribution in [2.75, 3.05) is 0 Å². The highest BCUT2D eigenvalue weighted by atomic mass is 16.5. The second kappa shape index (κ2) is 1.85. The van der Waals surface area contributed by atoms with Crippen molar-refractivity contribution in [3.05, 3.63) is 24.5 Å². The highest BCUT2D eigenvalue weighted by Crippen LogP contribution is 2.22. The summed E-state index contributed by atoms with van der Waals surface area (Å²) < 4.78 is 5.18. The summed E-state index contributed by atoms with van der Waals surface area (Å²) in [4.78, 5) is 0. The quantitative estimate of drug-likeness (QED) is 0.543. The van der Waals surface area contributed by atoms with Crippen molar-refractivity contribution in [3.63, 3.8) is 0 Å². The zero-order chi connectivity index (χ0) is 7.97. The zero-order valence-electron chi connectivity index (χ0n) is 6.11. The van der Waals surface area contributed by atoms with E-state index in [0.29, 0.717) is 0 Å². The van der Waals surface area contributed by atoms with E-state index >= 15 is 0 Å². The maximum absolute atomic E-state index is 5.18. The Bertz CT molecular complexity index is 487. The van der Waals surface area contributed by atoms with E-state index in [1.165, 1.54) is 0 Å². The van der Waals surface area contributed by atoms with Gasteiger partial charge in [0.1, 0.15) is 0 Å². The van der Waals surface area contributed by atoms with Crippen LogP contribution in [-0.2, 0) is 0 Å². The molecule has 0 spiro atoms. The van der Waals surface area contributed by atoms with Crippen LogP contribution < -0.4 is 0 Å². The Labute approximate surface area is 67.2 Å². The van der Waals surface area contributed by atoms with Crippen molar-refractivity contribution in [2.24, 2.45) is 0 Å². The van der Waals surface area contributed by atoms with Gasteiger partial charge in [0.2, 0.25) is 0 Å². The molecule has 0 aliphatic rings. The van der Waals surface area contributed by atoms with Crippen LogP contribution in [0.2, 0.25) is 0 Å². The number of nitrogens with zero attached hydrogens (tertiary/aromatic N) is 2. The van der Waals surface area contributed by atoms with Gasteiger partial charge in [-0.2, -0.15) is 10.2 Å². The van der Waals surface area contributed by atoms with Crippen LogP contribution in [-0.4, -0.2) is 15.4 Å². The lowest BCUT2D eigenvalue weighted by Gasteiger charge is -1.86. The van der Waals surface area contributed by atoms with Gasteiger partial charge < -0.3 is 4.52 Å². The number of rotatable bonds is 0. The molecule has 0 radical (unpaired) electrons. The van der Waals surface area contributed by atoms with Crippen molar-refractivity contribution >= 4 is 21.9 Å². The van der Waals surface area contributed by atoms with Crippen LogP contribution >= 0.6 is 0 Å². The van der Waals surface area contributed by atoms with Gasteiger partial charge in [0.15, 0.2) is 5.58 Å². The second-order valence-electron chi connectivity index (χ2n) is 2.63. The third-order valence-corrected chi connectivity index (χ3v) is 1.93. The van der Waals surface area contributed by atoms with Crippen molar-refractivity contribution in [3.8, 4) is 0 Å². The zero-order valence-corrected chi connectivity index (χ0v) is 6.11. The molecule has 2 heterocycles. The van der Waals surface area contributed by atoms with E-state index in [1.54, 1.807) is 6.20 Å². The molecule has 0 aliphatic carbocycles. The lowest BCUT2D eigenvalue weighted by atomic mass is 10.2. The van der Waals surface area contributed by atoms with Crippen LogP contribution in [0, 0.1) is 0 Å².